The first-order valence-corrected chi connectivity index (χ1v) is 11.2. The molecule has 1 aliphatic rings. The summed E-state index contributed by atoms with van der Waals surface area (Å²) in [4.78, 5) is 0.445. The van der Waals surface area contributed by atoms with Gasteiger partial charge in [-0.1, -0.05) is 24.8 Å². The van der Waals surface area contributed by atoms with E-state index in [0.29, 0.717) is 4.90 Å². The largest absolute Gasteiger partial charge is 0.456 e. The monoisotopic (exact) mass is 461 g/mol. The molecule has 2 aromatic rings. The average molecular weight is 462 g/mol. The molecule has 2 aromatic carbocycles. The van der Waals surface area contributed by atoms with E-state index in [1.54, 1.807) is 30.3 Å². The van der Waals surface area contributed by atoms with Gasteiger partial charge < -0.3 is 0 Å². The standard InChI is InChI=1S/C21H20F5NOS2/c1-2-14-3-6-17(7-4-14)30(28)20(18-13-15(22)5-8-19(18)23)11-9-16(10-12-20)27-29-21(24,25)26/h2-8,13,16,27H,1,9-12H2. The minimum Gasteiger partial charge on any atom is -0.254 e. The molecule has 0 spiro atoms. The van der Waals surface area contributed by atoms with Crippen LogP contribution in [0.4, 0.5) is 22.0 Å². The van der Waals surface area contributed by atoms with Gasteiger partial charge in [-0.05, 0) is 61.6 Å². The summed E-state index contributed by atoms with van der Waals surface area (Å²) in [7, 11) is -1.74. The van der Waals surface area contributed by atoms with Gasteiger partial charge in [-0.3, -0.25) is 8.93 Å². The lowest BCUT2D eigenvalue weighted by molar-refractivity contribution is -0.0339. The predicted octanol–water partition coefficient (Wildman–Crippen LogP) is 6.31. The molecule has 1 fully saturated rings. The van der Waals surface area contributed by atoms with E-state index in [1.165, 1.54) is 0 Å². The summed E-state index contributed by atoms with van der Waals surface area (Å²) < 4.78 is 80.9. The predicted molar refractivity (Wildman–Crippen MR) is 110 cm³/mol. The van der Waals surface area contributed by atoms with Crippen LogP contribution in [0, 0.1) is 11.6 Å². The van der Waals surface area contributed by atoms with Crippen molar-refractivity contribution in [3.05, 3.63) is 71.8 Å². The summed E-state index contributed by atoms with van der Waals surface area (Å²) in [6.07, 6.45) is 2.42. The van der Waals surface area contributed by atoms with E-state index in [4.69, 9.17) is 0 Å². The molecule has 0 amide bonds. The molecule has 0 heterocycles. The van der Waals surface area contributed by atoms with Crippen LogP contribution >= 0.6 is 11.9 Å². The topological polar surface area (TPSA) is 29.1 Å². The smallest absolute Gasteiger partial charge is 0.254 e. The Balaban J connectivity index is 1.93. The van der Waals surface area contributed by atoms with E-state index in [-0.39, 0.29) is 43.2 Å². The molecular weight excluding hydrogens is 441 g/mol. The summed E-state index contributed by atoms with van der Waals surface area (Å²) in [5, 5.41) is 0. The fourth-order valence-corrected chi connectivity index (χ4v) is 6.04. The van der Waals surface area contributed by atoms with E-state index >= 15 is 0 Å². The highest BCUT2D eigenvalue weighted by molar-refractivity contribution is 7.98. The second-order valence-electron chi connectivity index (χ2n) is 7.10. The Morgan fingerprint density at radius 1 is 1.10 bits per heavy atom. The Labute approximate surface area is 178 Å². The third-order valence-corrected chi connectivity index (χ3v) is 7.96. The molecule has 1 unspecified atom stereocenters. The van der Waals surface area contributed by atoms with Gasteiger partial charge in [0.15, 0.2) is 0 Å². The van der Waals surface area contributed by atoms with Crippen LogP contribution in [0.3, 0.4) is 0 Å². The first-order valence-electron chi connectivity index (χ1n) is 9.25. The highest BCUT2D eigenvalue weighted by Crippen LogP contribution is 2.46. The average Bonchev–Trinajstić information content (AvgIpc) is 2.73. The Kier molecular flexibility index (Phi) is 7.04. The Bertz CT molecular complexity index is 922. The number of hydrogen-bond acceptors (Lipinski definition) is 3. The van der Waals surface area contributed by atoms with Gasteiger partial charge in [-0.2, -0.15) is 13.2 Å². The van der Waals surface area contributed by atoms with Crippen LogP contribution in [0.15, 0.2) is 53.9 Å². The van der Waals surface area contributed by atoms with Crippen LogP contribution in [0.2, 0.25) is 0 Å². The van der Waals surface area contributed by atoms with Gasteiger partial charge >= 0.3 is 5.51 Å². The zero-order valence-corrected chi connectivity index (χ0v) is 17.5. The maximum absolute atomic E-state index is 14.7. The lowest BCUT2D eigenvalue weighted by Gasteiger charge is -2.40. The molecule has 30 heavy (non-hydrogen) atoms. The van der Waals surface area contributed by atoms with E-state index < -0.39 is 38.7 Å². The first-order chi connectivity index (χ1) is 14.1. The molecule has 1 saturated carbocycles. The van der Waals surface area contributed by atoms with Crippen molar-refractivity contribution in [2.75, 3.05) is 0 Å². The normalized spacial score (nSPS) is 23.2. The second-order valence-corrected chi connectivity index (χ2v) is 9.79. The maximum atomic E-state index is 14.7. The van der Waals surface area contributed by atoms with Gasteiger partial charge in [-0.15, -0.1) is 0 Å². The van der Waals surface area contributed by atoms with Crippen molar-refractivity contribution >= 4 is 28.8 Å². The van der Waals surface area contributed by atoms with Crippen LogP contribution in [0.25, 0.3) is 6.08 Å². The highest BCUT2D eigenvalue weighted by atomic mass is 32.2. The summed E-state index contributed by atoms with van der Waals surface area (Å²) in [6.45, 7) is 3.66. The number of alkyl halides is 3. The summed E-state index contributed by atoms with van der Waals surface area (Å²) in [5.74, 6) is -1.33. The molecule has 0 aliphatic heterocycles. The molecule has 1 atom stereocenters. The van der Waals surface area contributed by atoms with Gasteiger partial charge in [0.1, 0.15) is 11.6 Å². The Morgan fingerprint density at radius 2 is 1.73 bits per heavy atom. The van der Waals surface area contributed by atoms with Crippen molar-refractivity contribution in [3.63, 3.8) is 0 Å². The molecular formula is C21H20F5NOS2. The Hall–Kier alpha value is -1.71. The van der Waals surface area contributed by atoms with Gasteiger partial charge in [0.2, 0.25) is 0 Å². The first kappa shape index (κ1) is 23.0. The van der Waals surface area contributed by atoms with Crippen LogP contribution in [0.5, 0.6) is 0 Å². The molecule has 162 valence electrons. The minimum atomic E-state index is -4.42. The van der Waals surface area contributed by atoms with E-state index in [1.807, 2.05) is 0 Å². The summed E-state index contributed by atoms with van der Waals surface area (Å²) in [5.41, 5.74) is -3.60. The fourth-order valence-electron chi connectivity index (χ4n) is 3.71. The molecule has 0 aromatic heterocycles. The maximum Gasteiger partial charge on any atom is 0.456 e. The van der Waals surface area contributed by atoms with Crippen LogP contribution < -0.4 is 4.72 Å². The lowest BCUT2D eigenvalue weighted by atomic mass is 9.80. The van der Waals surface area contributed by atoms with Crippen molar-refractivity contribution in [2.24, 2.45) is 0 Å². The zero-order valence-electron chi connectivity index (χ0n) is 15.8. The Morgan fingerprint density at radius 3 is 2.30 bits per heavy atom. The van der Waals surface area contributed by atoms with E-state index in [9.17, 15) is 26.2 Å². The van der Waals surface area contributed by atoms with E-state index in [2.05, 4.69) is 11.3 Å². The zero-order chi connectivity index (χ0) is 21.9. The molecule has 3 rings (SSSR count). The fraction of sp³-hybridized carbons (Fsp3) is 0.333. The molecule has 9 heteroatoms. The molecule has 0 radical (unpaired) electrons. The molecule has 0 bridgehead atoms. The van der Waals surface area contributed by atoms with Crippen LogP contribution in [-0.4, -0.2) is 15.8 Å². The van der Waals surface area contributed by atoms with E-state index in [0.717, 1.165) is 23.8 Å². The van der Waals surface area contributed by atoms with Crippen molar-refractivity contribution < 1.29 is 26.2 Å². The van der Waals surface area contributed by atoms with Gasteiger partial charge in [0.05, 0.1) is 15.5 Å². The minimum absolute atomic E-state index is 0.00412. The van der Waals surface area contributed by atoms with Crippen molar-refractivity contribution in [1.29, 1.82) is 0 Å². The SMILES string of the molecule is C=Cc1ccc(S(=O)C2(c3cc(F)ccc3F)CCC(NSC(F)(F)F)CC2)cc1. The lowest BCUT2D eigenvalue weighted by Crippen LogP contribution is -2.42. The van der Waals surface area contributed by atoms with Crippen molar-refractivity contribution in [1.82, 2.24) is 4.72 Å². The number of benzene rings is 2. The number of hydrogen-bond donors (Lipinski definition) is 1. The number of rotatable bonds is 6. The summed E-state index contributed by atoms with van der Waals surface area (Å²) in [6, 6.07) is 9.30. The van der Waals surface area contributed by atoms with Gasteiger partial charge in [0.25, 0.3) is 0 Å². The number of nitrogens with one attached hydrogen (secondary N) is 1. The van der Waals surface area contributed by atoms with Crippen molar-refractivity contribution in [2.45, 2.75) is 46.9 Å². The molecule has 2 nitrogen and oxygen atoms in total. The van der Waals surface area contributed by atoms with Crippen molar-refractivity contribution in [3.8, 4) is 0 Å². The third-order valence-electron chi connectivity index (χ3n) is 5.24. The summed E-state index contributed by atoms with van der Waals surface area (Å²) >= 11 is -0.319. The van der Waals surface area contributed by atoms with Crippen LogP contribution in [0.1, 0.15) is 36.8 Å². The van der Waals surface area contributed by atoms with Gasteiger partial charge in [0, 0.05) is 28.4 Å². The van der Waals surface area contributed by atoms with Gasteiger partial charge in [-0.25, -0.2) is 8.78 Å². The van der Waals surface area contributed by atoms with Crippen LogP contribution in [-0.2, 0) is 15.5 Å². The molecule has 1 N–H and O–H groups in total. The second kappa shape index (κ2) is 9.20. The highest BCUT2D eigenvalue weighted by Gasteiger charge is 2.45. The third kappa shape index (κ3) is 5.12. The molecule has 1 aliphatic carbocycles. The quantitative estimate of drug-likeness (QED) is 0.404. The number of halogens is 5. The molecule has 0 saturated heterocycles.